The highest BCUT2D eigenvalue weighted by Gasteiger charge is 2.34. The van der Waals surface area contributed by atoms with Gasteiger partial charge in [0.05, 0.1) is 0 Å². The molecule has 0 saturated carbocycles. The number of rotatable bonds is 1. The molecule has 0 bridgehead atoms. The summed E-state index contributed by atoms with van der Waals surface area (Å²) in [6.45, 7) is 5.99. The summed E-state index contributed by atoms with van der Waals surface area (Å²) in [5, 5.41) is 3.47. The molecule has 1 saturated heterocycles. The minimum Gasteiger partial charge on any atom is -0.444 e. The van der Waals surface area contributed by atoms with E-state index in [-0.39, 0.29) is 6.17 Å². The zero-order valence-electron chi connectivity index (χ0n) is 8.60. The first-order valence-corrected chi connectivity index (χ1v) is 4.48. The molecule has 1 unspecified atom stereocenters. The molecule has 1 rings (SSSR count). The predicted molar refractivity (Wildman–Crippen MR) is 50.5 cm³/mol. The molecule has 0 aromatic carbocycles. The number of likely N-dealkylation sites (tertiary alicyclic amines) is 1. The van der Waals surface area contributed by atoms with Gasteiger partial charge in [0.1, 0.15) is 11.8 Å². The second kappa shape index (κ2) is 3.75. The highest BCUT2D eigenvalue weighted by atomic mass is 16.6. The number of ether oxygens (including phenoxy) is 1. The van der Waals surface area contributed by atoms with Crippen molar-refractivity contribution < 1.29 is 9.53 Å². The molecule has 0 N–H and O–H groups in total. The summed E-state index contributed by atoms with van der Waals surface area (Å²) >= 11 is 0. The van der Waals surface area contributed by atoms with E-state index in [1.807, 2.05) is 0 Å². The standard InChI is InChI=1S/C8H14N4O2/c1-8(2,3)14-7(13)12-5-4-6(12)10-11-9/h6H,4-5H2,1-3H3. The summed E-state index contributed by atoms with van der Waals surface area (Å²) in [6, 6.07) is 0. The Morgan fingerprint density at radius 3 is 2.64 bits per heavy atom. The fourth-order valence-electron chi connectivity index (χ4n) is 1.09. The number of carbonyl (C=O) groups excluding carboxylic acids is 1. The van der Waals surface area contributed by atoms with Crippen molar-refractivity contribution in [3.8, 4) is 0 Å². The Kier molecular flexibility index (Phi) is 2.86. The third-order valence-electron chi connectivity index (χ3n) is 1.80. The van der Waals surface area contributed by atoms with Crippen molar-refractivity contribution in [1.82, 2.24) is 4.90 Å². The van der Waals surface area contributed by atoms with Gasteiger partial charge in [0, 0.05) is 11.5 Å². The van der Waals surface area contributed by atoms with Gasteiger partial charge in [-0.05, 0) is 32.7 Å². The Labute approximate surface area is 82.5 Å². The summed E-state index contributed by atoms with van der Waals surface area (Å²) in [5.74, 6) is 0. The molecule has 1 aliphatic rings. The van der Waals surface area contributed by atoms with Crippen LogP contribution < -0.4 is 0 Å². The van der Waals surface area contributed by atoms with Crippen LogP contribution in [0.25, 0.3) is 10.4 Å². The van der Waals surface area contributed by atoms with Gasteiger partial charge >= 0.3 is 6.09 Å². The normalized spacial score (nSPS) is 20.8. The van der Waals surface area contributed by atoms with Gasteiger partial charge in [0.2, 0.25) is 0 Å². The minimum atomic E-state index is -0.506. The lowest BCUT2D eigenvalue weighted by Gasteiger charge is -2.38. The summed E-state index contributed by atoms with van der Waals surface area (Å²) in [5.41, 5.74) is 7.71. The van der Waals surface area contributed by atoms with E-state index in [9.17, 15) is 4.79 Å². The molecule has 1 amide bonds. The zero-order chi connectivity index (χ0) is 10.8. The smallest absolute Gasteiger partial charge is 0.410 e. The average molecular weight is 198 g/mol. The van der Waals surface area contributed by atoms with Crippen LogP contribution >= 0.6 is 0 Å². The SMILES string of the molecule is CC(C)(C)OC(=O)N1CCC1N=[N+]=[N-]. The van der Waals surface area contributed by atoms with Crippen LogP contribution in [-0.2, 0) is 4.74 Å². The topological polar surface area (TPSA) is 78.3 Å². The second-order valence-electron chi connectivity index (χ2n) is 4.15. The Hall–Kier alpha value is -1.42. The van der Waals surface area contributed by atoms with E-state index in [0.29, 0.717) is 13.0 Å². The molecule has 1 atom stereocenters. The Bertz CT molecular complexity index is 278. The molecule has 0 aliphatic carbocycles. The third-order valence-corrected chi connectivity index (χ3v) is 1.80. The highest BCUT2D eigenvalue weighted by molar-refractivity contribution is 5.69. The molecule has 1 aliphatic heterocycles. The van der Waals surface area contributed by atoms with E-state index in [4.69, 9.17) is 10.3 Å². The molecule has 78 valence electrons. The minimum absolute atomic E-state index is 0.366. The highest BCUT2D eigenvalue weighted by Crippen LogP contribution is 2.21. The third kappa shape index (κ3) is 2.53. The summed E-state index contributed by atoms with van der Waals surface area (Å²) < 4.78 is 5.12. The fraction of sp³-hybridized carbons (Fsp3) is 0.875. The maximum Gasteiger partial charge on any atom is 0.410 e. The van der Waals surface area contributed by atoms with Gasteiger partial charge in [-0.3, -0.25) is 4.90 Å². The fourth-order valence-corrected chi connectivity index (χ4v) is 1.09. The van der Waals surface area contributed by atoms with Gasteiger partial charge < -0.3 is 4.74 Å². The van der Waals surface area contributed by atoms with Crippen molar-refractivity contribution in [2.24, 2.45) is 5.11 Å². The Balaban J connectivity index is 2.50. The molecule has 14 heavy (non-hydrogen) atoms. The number of carbonyl (C=O) groups is 1. The molecule has 0 radical (unpaired) electrons. The van der Waals surface area contributed by atoms with E-state index < -0.39 is 11.7 Å². The van der Waals surface area contributed by atoms with Crippen LogP contribution in [0.1, 0.15) is 27.2 Å². The molecule has 6 nitrogen and oxygen atoms in total. The van der Waals surface area contributed by atoms with Crippen molar-refractivity contribution in [3.05, 3.63) is 10.4 Å². The van der Waals surface area contributed by atoms with E-state index in [0.717, 1.165) is 0 Å². The first-order valence-electron chi connectivity index (χ1n) is 4.48. The number of nitrogens with zero attached hydrogens (tertiary/aromatic N) is 4. The first-order chi connectivity index (χ1) is 6.44. The molecule has 0 aromatic rings. The molecular weight excluding hydrogens is 184 g/mol. The average Bonchev–Trinajstić information content (AvgIpc) is 1.93. The van der Waals surface area contributed by atoms with E-state index in [2.05, 4.69) is 10.0 Å². The van der Waals surface area contributed by atoms with Gasteiger partial charge in [-0.1, -0.05) is 5.11 Å². The number of hydrogen-bond acceptors (Lipinski definition) is 3. The van der Waals surface area contributed by atoms with Crippen LogP contribution in [0.5, 0.6) is 0 Å². The van der Waals surface area contributed by atoms with Gasteiger partial charge in [-0.2, -0.15) is 0 Å². The lowest BCUT2D eigenvalue weighted by molar-refractivity contribution is -0.00380. The van der Waals surface area contributed by atoms with Crippen LogP contribution in [-0.4, -0.2) is 29.3 Å². The van der Waals surface area contributed by atoms with Crippen molar-refractivity contribution in [1.29, 1.82) is 0 Å². The van der Waals surface area contributed by atoms with Gasteiger partial charge in [-0.15, -0.1) is 0 Å². The predicted octanol–water partition coefficient (Wildman–Crippen LogP) is 2.26. The van der Waals surface area contributed by atoms with Crippen LogP contribution in [0.2, 0.25) is 0 Å². The van der Waals surface area contributed by atoms with Gasteiger partial charge in [0.25, 0.3) is 0 Å². The van der Waals surface area contributed by atoms with Crippen LogP contribution in [0.15, 0.2) is 5.11 Å². The van der Waals surface area contributed by atoms with Crippen molar-refractivity contribution in [2.75, 3.05) is 6.54 Å². The lowest BCUT2D eigenvalue weighted by atomic mass is 10.1. The monoisotopic (exact) mass is 198 g/mol. The quantitative estimate of drug-likeness (QED) is 0.368. The zero-order valence-corrected chi connectivity index (χ0v) is 8.60. The van der Waals surface area contributed by atoms with Crippen molar-refractivity contribution >= 4 is 6.09 Å². The number of amides is 1. The van der Waals surface area contributed by atoms with Gasteiger partial charge in [-0.25, -0.2) is 4.79 Å². The summed E-state index contributed by atoms with van der Waals surface area (Å²) in [7, 11) is 0. The Morgan fingerprint density at radius 1 is 1.64 bits per heavy atom. The van der Waals surface area contributed by atoms with E-state index >= 15 is 0 Å². The van der Waals surface area contributed by atoms with E-state index in [1.165, 1.54) is 4.90 Å². The van der Waals surface area contributed by atoms with Crippen molar-refractivity contribution in [2.45, 2.75) is 39.0 Å². The largest absolute Gasteiger partial charge is 0.444 e. The molecular formula is C8H14N4O2. The molecule has 1 heterocycles. The Morgan fingerprint density at radius 2 is 2.29 bits per heavy atom. The molecule has 6 heteroatoms. The van der Waals surface area contributed by atoms with Crippen LogP contribution in [0.3, 0.4) is 0 Å². The van der Waals surface area contributed by atoms with Crippen LogP contribution in [0, 0.1) is 0 Å². The maximum atomic E-state index is 11.4. The van der Waals surface area contributed by atoms with E-state index in [1.54, 1.807) is 20.8 Å². The molecule has 0 aromatic heterocycles. The maximum absolute atomic E-state index is 11.4. The van der Waals surface area contributed by atoms with Crippen molar-refractivity contribution in [3.63, 3.8) is 0 Å². The summed E-state index contributed by atoms with van der Waals surface area (Å²) in [4.78, 5) is 15.5. The second-order valence-corrected chi connectivity index (χ2v) is 4.15. The number of azide groups is 1. The first kappa shape index (κ1) is 10.7. The number of hydrogen-bond donors (Lipinski definition) is 0. The van der Waals surface area contributed by atoms with Gasteiger partial charge in [0.15, 0.2) is 0 Å². The summed E-state index contributed by atoms with van der Waals surface area (Å²) in [6.07, 6.45) is -0.0699. The molecule has 1 fully saturated rings. The lowest BCUT2D eigenvalue weighted by Crippen LogP contribution is -2.51. The van der Waals surface area contributed by atoms with Crippen LogP contribution in [0.4, 0.5) is 4.79 Å². The molecule has 0 spiro atoms.